The second-order valence-corrected chi connectivity index (χ2v) is 5.27. The quantitative estimate of drug-likeness (QED) is 0.871. The van der Waals surface area contributed by atoms with E-state index in [1.54, 1.807) is 0 Å². The Balaban J connectivity index is 1.99. The molecule has 0 aliphatic rings. The summed E-state index contributed by atoms with van der Waals surface area (Å²) < 4.78 is 26.3. The maximum atomic E-state index is 13.5. The Kier molecular flexibility index (Phi) is 5.09. The molecule has 0 unspecified atom stereocenters. The van der Waals surface area contributed by atoms with Gasteiger partial charge in [0.05, 0.1) is 12.2 Å². The average molecular weight is 304 g/mol. The van der Waals surface area contributed by atoms with E-state index in [1.807, 2.05) is 38.1 Å². The number of benzene rings is 2. The predicted octanol–water partition coefficient (Wildman–Crippen LogP) is 4.14. The van der Waals surface area contributed by atoms with Gasteiger partial charge in [-0.3, -0.25) is 4.79 Å². The molecule has 0 saturated heterocycles. The fourth-order valence-corrected chi connectivity index (χ4v) is 2.12. The van der Waals surface area contributed by atoms with Gasteiger partial charge in [0, 0.05) is 11.8 Å². The summed E-state index contributed by atoms with van der Waals surface area (Å²) in [4.78, 5) is 12.0. The molecule has 0 atom stereocenters. The van der Waals surface area contributed by atoms with Crippen LogP contribution in [0.1, 0.15) is 25.3 Å². The van der Waals surface area contributed by atoms with E-state index in [0.29, 0.717) is 0 Å². The molecule has 5 heteroatoms. The minimum Gasteiger partial charge on any atom is -0.374 e. The molecule has 0 aliphatic heterocycles. The van der Waals surface area contributed by atoms with Crippen LogP contribution in [0.15, 0.2) is 42.5 Å². The number of carbonyl (C=O) groups is 1. The Labute approximate surface area is 128 Å². The SMILES string of the molecule is CC(C)c1ccccc1NC(=O)CNc1ccc(F)cc1F. The van der Waals surface area contributed by atoms with Gasteiger partial charge in [-0.2, -0.15) is 0 Å². The number of anilines is 2. The van der Waals surface area contributed by atoms with E-state index in [0.717, 1.165) is 23.4 Å². The first kappa shape index (κ1) is 15.9. The fraction of sp³-hybridized carbons (Fsp3) is 0.235. The molecular formula is C17H18F2N2O. The smallest absolute Gasteiger partial charge is 0.243 e. The van der Waals surface area contributed by atoms with Crippen LogP contribution in [-0.4, -0.2) is 12.5 Å². The molecule has 0 heterocycles. The van der Waals surface area contributed by atoms with Crippen LogP contribution in [0.4, 0.5) is 20.2 Å². The summed E-state index contributed by atoms with van der Waals surface area (Å²) in [6.45, 7) is 3.98. The summed E-state index contributed by atoms with van der Waals surface area (Å²) >= 11 is 0. The van der Waals surface area contributed by atoms with Crippen molar-refractivity contribution in [3.63, 3.8) is 0 Å². The lowest BCUT2D eigenvalue weighted by Crippen LogP contribution is -2.23. The number of carbonyl (C=O) groups excluding carboxylic acids is 1. The average Bonchev–Trinajstić information content (AvgIpc) is 2.46. The lowest BCUT2D eigenvalue weighted by atomic mass is 10.0. The molecule has 0 saturated carbocycles. The third-order valence-corrected chi connectivity index (χ3v) is 3.23. The van der Waals surface area contributed by atoms with Crippen molar-refractivity contribution in [2.45, 2.75) is 19.8 Å². The zero-order valence-electron chi connectivity index (χ0n) is 12.5. The molecular weight excluding hydrogens is 286 g/mol. The van der Waals surface area contributed by atoms with Crippen molar-refractivity contribution in [1.29, 1.82) is 0 Å². The first-order chi connectivity index (χ1) is 10.5. The summed E-state index contributed by atoms with van der Waals surface area (Å²) in [5.74, 6) is -1.40. The van der Waals surface area contributed by atoms with Gasteiger partial charge in [-0.25, -0.2) is 8.78 Å². The number of para-hydroxylation sites is 1. The molecule has 1 amide bonds. The van der Waals surface area contributed by atoms with Gasteiger partial charge in [-0.05, 0) is 29.7 Å². The highest BCUT2D eigenvalue weighted by molar-refractivity contribution is 5.94. The number of amides is 1. The number of hydrogen-bond acceptors (Lipinski definition) is 2. The minimum absolute atomic E-state index is 0.0914. The first-order valence-electron chi connectivity index (χ1n) is 7.05. The predicted molar refractivity (Wildman–Crippen MR) is 84.0 cm³/mol. The third kappa shape index (κ3) is 4.04. The van der Waals surface area contributed by atoms with E-state index >= 15 is 0 Å². The third-order valence-electron chi connectivity index (χ3n) is 3.23. The highest BCUT2D eigenvalue weighted by Crippen LogP contribution is 2.23. The Morgan fingerprint density at radius 2 is 1.82 bits per heavy atom. The van der Waals surface area contributed by atoms with Crippen molar-refractivity contribution >= 4 is 17.3 Å². The van der Waals surface area contributed by atoms with Crippen LogP contribution in [0.3, 0.4) is 0 Å². The maximum Gasteiger partial charge on any atom is 0.243 e. The number of halogens is 2. The molecule has 0 aromatic heterocycles. The van der Waals surface area contributed by atoms with Crippen LogP contribution >= 0.6 is 0 Å². The van der Waals surface area contributed by atoms with Crippen molar-refractivity contribution in [3.05, 3.63) is 59.7 Å². The minimum atomic E-state index is -0.726. The van der Waals surface area contributed by atoms with E-state index in [4.69, 9.17) is 0 Å². The lowest BCUT2D eigenvalue weighted by molar-refractivity contribution is -0.114. The largest absolute Gasteiger partial charge is 0.374 e. The standard InChI is InChI=1S/C17H18F2N2O/c1-11(2)13-5-3-4-6-15(13)21-17(22)10-20-16-8-7-12(18)9-14(16)19/h3-9,11,20H,10H2,1-2H3,(H,21,22). The van der Waals surface area contributed by atoms with Gasteiger partial charge in [-0.1, -0.05) is 32.0 Å². The monoisotopic (exact) mass is 304 g/mol. The van der Waals surface area contributed by atoms with Crippen molar-refractivity contribution in [2.24, 2.45) is 0 Å². The van der Waals surface area contributed by atoms with Crippen molar-refractivity contribution < 1.29 is 13.6 Å². The van der Waals surface area contributed by atoms with Crippen LogP contribution < -0.4 is 10.6 Å². The van der Waals surface area contributed by atoms with E-state index in [1.165, 1.54) is 6.07 Å². The van der Waals surface area contributed by atoms with Gasteiger partial charge in [0.2, 0.25) is 5.91 Å². The molecule has 2 aromatic carbocycles. The molecule has 0 radical (unpaired) electrons. The summed E-state index contributed by atoms with van der Waals surface area (Å²) in [6, 6.07) is 10.7. The van der Waals surface area contributed by atoms with Gasteiger partial charge in [-0.15, -0.1) is 0 Å². The second-order valence-electron chi connectivity index (χ2n) is 5.27. The van der Waals surface area contributed by atoms with Crippen LogP contribution in [0, 0.1) is 11.6 Å². The number of rotatable bonds is 5. The Morgan fingerprint density at radius 1 is 1.09 bits per heavy atom. The van der Waals surface area contributed by atoms with Gasteiger partial charge in [0.15, 0.2) is 0 Å². The van der Waals surface area contributed by atoms with Gasteiger partial charge < -0.3 is 10.6 Å². The highest BCUT2D eigenvalue weighted by atomic mass is 19.1. The molecule has 3 nitrogen and oxygen atoms in total. The Hall–Kier alpha value is -2.43. The molecule has 2 N–H and O–H groups in total. The van der Waals surface area contributed by atoms with Crippen molar-refractivity contribution in [1.82, 2.24) is 0 Å². The van der Waals surface area contributed by atoms with Gasteiger partial charge in [0.1, 0.15) is 11.6 Å². The maximum absolute atomic E-state index is 13.5. The summed E-state index contributed by atoms with van der Waals surface area (Å²) in [7, 11) is 0. The van der Waals surface area contributed by atoms with E-state index in [9.17, 15) is 13.6 Å². The molecule has 2 aromatic rings. The van der Waals surface area contributed by atoms with Gasteiger partial charge >= 0.3 is 0 Å². The highest BCUT2D eigenvalue weighted by Gasteiger charge is 2.10. The lowest BCUT2D eigenvalue weighted by Gasteiger charge is -2.14. The normalized spacial score (nSPS) is 10.6. The molecule has 0 fully saturated rings. The van der Waals surface area contributed by atoms with Crippen molar-refractivity contribution in [3.8, 4) is 0 Å². The van der Waals surface area contributed by atoms with Crippen LogP contribution in [0.25, 0.3) is 0 Å². The van der Waals surface area contributed by atoms with Crippen LogP contribution in [-0.2, 0) is 4.79 Å². The number of nitrogens with one attached hydrogen (secondary N) is 2. The zero-order valence-corrected chi connectivity index (χ0v) is 12.5. The molecule has 2 rings (SSSR count). The van der Waals surface area contributed by atoms with E-state index in [2.05, 4.69) is 10.6 Å². The van der Waals surface area contributed by atoms with Gasteiger partial charge in [0.25, 0.3) is 0 Å². The topological polar surface area (TPSA) is 41.1 Å². The van der Waals surface area contributed by atoms with Crippen LogP contribution in [0.2, 0.25) is 0 Å². The van der Waals surface area contributed by atoms with Crippen molar-refractivity contribution in [2.75, 3.05) is 17.2 Å². The second kappa shape index (κ2) is 7.02. The van der Waals surface area contributed by atoms with E-state index < -0.39 is 11.6 Å². The van der Waals surface area contributed by atoms with Crippen LogP contribution in [0.5, 0.6) is 0 Å². The Bertz CT molecular complexity index is 671. The molecule has 0 bridgehead atoms. The molecule has 0 aliphatic carbocycles. The zero-order chi connectivity index (χ0) is 16.1. The molecule has 0 spiro atoms. The Morgan fingerprint density at radius 3 is 2.50 bits per heavy atom. The summed E-state index contributed by atoms with van der Waals surface area (Å²) in [5, 5.41) is 5.45. The molecule has 116 valence electrons. The van der Waals surface area contributed by atoms with E-state index in [-0.39, 0.29) is 24.1 Å². The summed E-state index contributed by atoms with van der Waals surface area (Å²) in [5.41, 5.74) is 1.86. The fourth-order valence-electron chi connectivity index (χ4n) is 2.12. The molecule has 22 heavy (non-hydrogen) atoms. The first-order valence-corrected chi connectivity index (χ1v) is 7.05. The summed E-state index contributed by atoms with van der Waals surface area (Å²) in [6.07, 6.45) is 0. The number of hydrogen-bond donors (Lipinski definition) is 2.